The van der Waals surface area contributed by atoms with E-state index in [1.54, 1.807) is 0 Å². The van der Waals surface area contributed by atoms with Gasteiger partial charge in [-0.1, -0.05) is 33.6 Å². The maximum atomic E-state index is 12.2. The van der Waals surface area contributed by atoms with Crippen LogP contribution in [-0.2, 0) is 13.6 Å². The van der Waals surface area contributed by atoms with Crippen molar-refractivity contribution in [3.8, 4) is 0 Å². The van der Waals surface area contributed by atoms with E-state index in [1.807, 2.05) is 6.92 Å². The maximum absolute atomic E-state index is 12.2. The van der Waals surface area contributed by atoms with Crippen molar-refractivity contribution in [2.45, 2.75) is 52.9 Å². The summed E-state index contributed by atoms with van der Waals surface area (Å²) in [6.45, 7) is 7.27. The highest BCUT2D eigenvalue weighted by Crippen LogP contribution is 2.49. The zero-order chi connectivity index (χ0) is 11.6. The fourth-order valence-corrected chi connectivity index (χ4v) is 3.00. The van der Waals surface area contributed by atoms with Gasteiger partial charge in [-0.25, -0.2) is 0 Å². The molecule has 1 unspecified atom stereocenters. The molecule has 15 heavy (non-hydrogen) atoms. The van der Waals surface area contributed by atoms with Gasteiger partial charge in [-0.2, -0.15) is 0 Å². The molecular weight excluding hydrogens is 211 g/mol. The molecule has 0 saturated carbocycles. The first kappa shape index (κ1) is 15.2. The summed E-state index contributed by atoms with van der Waals surface area (Å²) in [5.41, 5.74) is 0. The van der Waals surface area contributed by atoms with E-state index < -0.39 is 7.60 Å². The minimum absolute atomic E-state index is 0.535. The number of unbranched alkanes of at least 4 members (excludes halogenated alkanes) is 2. The van der Waals surface area contributed by atoms with Gasteiger partial charge in [0, 0.05) is 0 Å². The summed E-state index contributed by atoms with van der Waals surface area (Å²) in [6, 6.07) is 0. The molecule has 0 fully saturated rings. The molecule has 0 N–H and O–H groups in total. The van der Waals surface area contributed by atoms with Crippen molar-refractivity contribution in [1.29, 1.82) is 0 Å². The summed E-state index contributed by atoms with van der Waals surface area (Å²) in [5.74, 6) is 0. The molecule has 0 heterocycles. The van der Waals surface area contributed by atoms with Crippen molar-refractivity contribution in [3.63, 3.8) is 0 Å². The lowest BCUT2D eigenvalue weighted by atomic mass is 10.4. The molecule has 0 aliphatic carbocycles. The molecule has 0 radical (unpaired) electrons. The van der Waals surface area contributed by atoms with Crippen LogP contribution in [0.5, 0.6) is 0 Å². The third kappa shape index (κ3) is 8.01. The van der Waals surface area contributed by atoms with Crippen LogP contribution in [0.2, 0.25) is 0 Å². The summed E-state index contributed by atoms with van der Waals surface area (Å²) in [5, 5.41) is 0. The van der Waals surface area contributed by atoms with E-state index in [9.17, 15) is 4.57 Å². The van der Waals surface area contributed by atoms with E-state index in [0.717, 1.165) is 32.1 Å². The lowest BCUT2D eigenvalue weighted by Crippen LogP contribution is -2.02. The van der Waals surface area contributed by atoms with Crippen molar-refractivity contribution < 1.29 is 13.6 Å². The van der Waals surface area contributed by atoms with Crippen molar-refractivity contribution in [2.75, 3.05) is 19.4 Å². The standard InChI is InChI=1S/C11H25O3P/c1-4-7-10-14-15(12,11-8-5-2)13-9-6-3/h4-11H2,1-3H3. The summed E-state index contributed by atoms with van der Waals surface area (Å²) < 4.78 is 22.9. The summed E-state index contributed by atoms with van der Waals surface area (Å²) in [7, 11) is -2.78. The SMILES string of the molecule is CCCCOP(=O)(CCCC)OCCC. The maximum Gasteiger partial charge on any atom is 0.330 e. The molecule has 0 aliphatic heterocycles. The minimum Gasteiger partial charge on any atom is -0.309 e. The van der Waals surface area contributed by atoms with Crippen molar-refractivity contribution in [3.05, 3.63) is 0 Å². The van der Waals surface area contributed by atoms with Gasteiger partial charge in [0.1, 0.15) is 0 Å². The molecule has 4 heteroatoms. The highest BCUT2D eigenvalue weighted by atomic mass is 31.2. The van der Waals surface area contributed by atoms with Crippen LogP contribution in [0.15, 0.2) is 0 Å². The van der Waals surface area contributed by atoms with Gasteiger partial charge >= 0.3 is 7.60 Å². The van der Waals surface area contributed by atoms with Crippen LogP contribution in [0.4, 0.5) is 0 Å². The Morgan fingerprint density at radius 2 is 1.47 bits per heavy atom. The second-order valence-corrected chi connectivity index (χ2v) is 5.89. The average molecular weight is 236 g/mol. The number of hydrogen-bond acceptors (Lipinski definition) is 3. The van der Waals surface area contributed by atoms with E-state index in [-0.39, 0.29) is 0 Å². The first-order valence-corrected chi connectivity index (χ1v) is 7.79. The molecule has 0 aliphatic rings. The summed E-state index contributed by atoms with van der Waals surface area (Å²) >= 11 is 0. The van der Waals surface area contributed by atoms with E-state index in [4.69, 9.17) is 9.05 Å². The summed E-state index contributed by atoms with van der Waals surface area (Å²) in [4.78, 5) is 0. The Hall–Kier alpha value is 0.150. The highest BCUT2D eigenvalue weighted by molar-refractivity contribution is 7.53. The molecular formula is C11H25O3P. The van der Waals surface area contributed by atoms with Gasteiger partial charge in [-0.15, -0.1) is 0 Å². The molecule has 1 atom stereocenters. The van der Waals surface area contributed by atoms with Gasteiger partial charge < -0.3 is 9.05 Å². The van der Waals surface area contributed by atoms with E-state index in [0.29, 0.717) is 19.4 Å². The second-order valence-electron chi connectivity index (χ2n) is 3.71. The number of hydrogen-bond donors (Lipinski definition) is 0. The smallest absolute Gasteiger partial charge is 0.309 e. The van der Waals surface area contributed by atoms with Gasteiger partial charge in [0.15, 0.2) is 0 Å². The van der Waals surface area contributed by atoms with E-state index in [2.05, 4.69) is 13.8 Å². The molecule has 0 amide bonds. The topological polar surface area (TPSA) is 35.5 Å². The summed E-state index contributed by atoms with van der Waals surface area (Å²) in [6.07, 6.45) is 5.39. The molecule has 0 rings (SSSR count). The fraction of sp³-hybridized carbons (Fsp3) is 1.00. The molecule has 0 bridgehead atoms. The Kier molecular flexibility index (Phi) is 9.48. The lowest BCUT2D eigenvalue weighted by Gasteiger charge is -2.17. The van der Waals surface area contributed by atoms with Gasteiger partial charge in [0.05, 0.1) is 19.4 Å². The fourth-order valence-electron chi connectivity index (χ4n) is 1.10. The molecule has 0 spiro atoms. The molecule has 0 aromatic rings. The molecule has 0 aromatic heterocycles. The third-order valence-corrected chi connectivity index (χ3v) is 4.08. The quantitative estimate of drug-likeness (QED) is 0.420. The third-order valence-electron chi connectivity index (χ3n) is 2.06. The predicted octanol–water partition coefficient (Wildman–Crippen LogP) is 4.22. The lowest BCUT2D eigenvalue weighted by molar-refractivity contribution is 0.201. The molecule has 3 nitrogen and oxygen atoms in total. The van der Waals surface area contributed by atoms with Crippen LogP contribution in [0, 0.1) is 0 Å². The Labute approximate surface area is 94.1 Å². The zero-order valence-electron chi connectivity index (χ0n) is 10.3. The van der Waals surface area contributed by atoms with Gasteiger partial charge in [-0.3, -0.25) is 4.57 Å². The van der Waals surface area contributed by atoms with E-state index >= 15 is 0 Å². The Bertz CT molecular complexity index is 171. The van der Waals surface area contributed by atoms with Crippen LogP contribution in [0.25, 0.3) is 0 Å². The largest absolute Gasteiger partial charge is 0.330 e. The van der Waals surface area contributed by atoms with Crippen LogP contribution >= 0.6 is 7.60 Å². The monoisotopic (exact) mass is 236 g/mol. The first-order chi connectivity index (χ1) is 7.18. The van der Waals surface area contributed by atoms with Crippen molar-refractivity contribution in [2.24, 2.45) is 0 Å². The van der Waals surface area contributed by atoms with Crippen LogP contribution in [-0.4, -0.2) is 19.4 Å². The molecule has 0 aromatic carbocycles. The average Bonchev–Trinajstić information content (AvgIpc) is 2.24. The van der Waals surface area contributed by atoms with Crippen molar-refractivity contribution >= 4 is 7.60 Å². The van der Waals surface area contributed by atoms with Gasteiger partial charge in [0.2, 0.25) is 0 Å². The van der Waals surface area contributed by atoms with Gasteiger partial charge in [-0.05, 0) is 19.3 Å². The second kappa shape index (κ2) is 9.38. The zero-order valence-corrected chi connectivity index (χ0v) is 11.2. The van der Waals surface area contributed by atoms with Crippen LogP contribution in [0.3, 0.4) is 0 Å². The molecule has 0 saturated heterocycles. The minimum atomic E-state index is -2.78. The normalized spacial score (nSPS) is 15.1. The highest BCUT2D eigenvalue weighted by Gasteiger charge is 2.22. The van der Waals surface area contributed by atoms with Crippen LogP contribution in [0.1, 0.15) is 52.9 Å². The Morgan fingerprint density at radius 1 is 0.867 bits per heavy atom. The van der Waals surface area contributed by atoms with E-state index in [1.165, 1.54) is 0 Å². The Morgan fingerprint density at radius 3 is 2.00 bits per heavy atom. The van der Waals surface area contributed by atoms with Gasteiger partial charge in [0.25, 0.3) is 0 Å². The van der Waals surface area contributed by atoms with Crippen LogP contribution < -0.4 is 0 Å². The Balaban J connectivity index is 3.96. The predicted molar refractivity (Wildman–Crippen MR) is 64.5 cm³/mol. The number of rotatable bonds is 10. The van der Waals surface area contributed by atoms with Crippen molar-refractivity contribution in [1.82, 2.24) is 0 Å². The first-order valence-electron chi connectivity index (χ1n) is 6.06. The molecule has 92 valence electrons.